The van der Waals surface area contributed by atoms with Gasteiger partial charge in [0.25, 0.3) is 0 Å². The second kappa shape index (κ2) is 16.7. The summed E-state index contributed by atoms with van der Waals surface area (Å²) in [6.07, 6.45) is -9.75. The van der Waals surface area contributed by atoms with Crippen molar-refractivity contribution in [1.82, 2.24) is 0 Å². The van der Waals surface area contributed by atoms with Crippen molar-refractivity contribution in [3.63, 3.8) is 0 Å². The maximum Gasteiger partial charge on any atom is 0.416 e. The summed E-state index contributed by atoms with van der Waals surface area (Å²) in [5.41, 5.74) is 1.48. The zero-order valence-electron chi connectivity index (χ0n) is 31.5. The Morgan fingerprint density at radius 2 is 0.733 bits per heavy atom. The lowest BCUT2D eigenvalue weighted by Crippen LogP contribution is -2.14. The lowest BCUT2D eigenvalue weighted by Gasteiger charge is -2.14. The Kier molecular flexibility index (Phi) is 11.6. The average molecular weight is 835 g/mol. The Hall–Kier alpha value is -6.44. The van der Waals surface area contributed by atoms with Gasteiger partial charge in [-0.15, -0.1) is 0 Å². The minimum atomic E-state index is -4.42. The van der Waals surface area contributed by atoms with Gasteiger partial charge in [0, 0.05) is 0 Å². The Morgan fingerprint density at radius 1 is 0.417 bits per heavy atom. The molecule has 0 bridgehead atoms. The predicted molar refractivity (Wildman–Crippen MR) is 206 cm³/mol. The molecule has 308 valence electrons. The standard InChI is InChI=1S/2C23H16F5NO/c2*1-13-21(29-22(30-13)20-18(24)6-3-7-19(20)25)15-10-8-14(9-11-15)16-4-2-5-17(12-16)23(26,27)28/h2*2-13,21H,1H3/t2*13-,21+/m10/s1. The lowest BCUT2D eigenvalue weighted by molar-refractivity contribution is -0.138. The highest BCUT2D eigenvalue weighted by Gasteiger charge is 2.35. The van der Waals surface area contributed by atoms with Gasteiger partial charge in [0.2, 0.25) is 11.8 Å². The molecule has 0 saturated heterocycles. The Balaban J connectivity index is 0.000000181. The van der Waals surface area contributed by atoms with E-state index in [2.05, 4.69) is 9.98 Å². The van der Waals surface area contributed by atoms with Gasteiger partial charge in [-0.2, -0.15) is 26.3 Å². The number of ether oxygens (including phenoxy) is 2. The number of halogens is 10. The normalized spacial score (nSPS) is 18.8. The lowest BCUT2D eigenvalue weighted by atomic mass is 9.98. The third-order valence-electron chi connectivity index (χ3n) is 9.90. The zero-order chi connectivity index (χ0) is 42.9. The molecule has 0 unspecified atom stereocenters. The molecule has 6 aromatic carbocycles. The van der Waals surface area contributed by atoms with Gasteiger partial charge in [0.1, 0.15) is 58.7 Å². The van der Waals surface area contributed by atoms with E-state index in [4.69, 9.17) is 9.47 Å². The molecule has 4 atom stereocenters. The van der Waals surface area contributed by atoms with E-state index in [1.807, 2.05) is 0 Å². The molecule has 0 N–H and O–H groups in total. The Morgan fingerprint density at radius 3 is 1.05 bits per heavy atom. The van der Waals surface area contributed by atoms with Crippen LogP contribution < -0.4 is 0 Å². The van der Waals surface area contributed by atoms with E-state index >= 15 is 0 Å². The summed E-state index contributed by atoms with van der Waals surface area (Å²) in [5.74, 6) is -3.26. The van der Waals surface area contributed by atoms with E-state index in [1.54, 1.807) is 74.5 Å². The second-order valence-electron chi connectivity index (χ2n) is 14.0. The molecule has 0 saturated carbocycles. The van der Waals surface area contributed by atoms with Crippen LogP contribution in [0.3, 0.4) is 0 Å². The first-order valence-corrected chi connectivity index (χ1v) is 18.4. The maximum absolute atomic E-state index is 14.0. The van der Waals surface area contributed by atoms with Gasteiger partial charge in [0.15, 0.2) is 0 Å². The minimum Gasteiger partial charge on any atom is -0.472 e. The van der Waals surface area contributed by atoms with Gasteiger partial charge >= 0.3 is 12.4 Å². The summed E-state index contributed by atoms with van der Waals surface area (Å²) in [6, 6.07) is 29.9. The number of hydrogen-bond acceptors (Lipinski definition) is 4. The molecule has 8 rings (SSSR count). The molecular formula is C46H32F10N2O2. The van der Waals surface area contributed by atoms with Crippen LogP contribution in [0, 0.1) is 23.3 Å². The van der Waals surface area contributed by atoms with Crippen molar-refractivity contribution < 1.29 is 53.4 Å². The second-order valence-corrected chi connectivity index (χ2v) is 14.0. The zero-order valence-corrected chi connectivity index (χ0v) is 31.5. The van der Waals surface area contributed by atoms with E-state index in [1.165, 1.54) is 24.3 Å². The molecule has 0 fully saturated rings. The number of benzene rings is 6. The number of nitrogens with zero attached hydrogens (tertiary/aromatic N) is 2. The van der Waals surface area contributed by atoms with Gasteiger partial charge in [-0.25, -0.2) is 27.5 Å². The molecule has 0 aromatic heterocycles. The first kappa shape index (κ1) is 41.7. The molecule has 2 heterocycles. The van der Waals surface area contributed by atoms with Crippen LogP contribution >= 0.6 is 0 Å². The van der Waals surface area contributed by atoms with Crippen molar-refractivity contribution in [2.45, 2.75) is 50.5 Å². The summed E-state index contributed by atoms with van der Waals surface area (Å²) in [7, 11) is 0. The highest BCUT2D eigenvalue weighted by Crippen LogP contribution is 2.37. The summed E-state index contributed by atoms with van der Waals surface area (Å²) >= 11 is 0. The van der Waals surface area contributed by atoms with Crippen molar-refractivity contribution in [2.75, 3.05) is 0 Å². The van der Waals surface area contributed by atoms with Gasteiger partial charge in [-0.05, 0) is 95.8 Å². The first-order chi connectivity index (χ1) is 28.5. The topological polar surface area (TPSA) is 43.2 Å². The smallest absolute Gasteiger partial charge is 0.416 e. The Labute approximate surface area is 337 Å². The highest BCUT2D eigenvalue weighted by molar-refractivity contribution is 5.96. The van der Waals surface area contributed by atoms with Gasteiger partial charge in [-0.1, -0.05) is 84.9 Å². The van der Waals surface area contributed by atoms with Crippen molar-refractivity contribution >= 4 is 11.8 Å². The molecule has 4 nitrogen and oxygen atoms in total. The third-order valence-corrected chi connectivity index (χ3v) is 9.90. The molecule has 60 heavy (non-hydrogen) atoms. The fourth-order valence-electron chi connectivity index (χ4n) is 6.84. The molecule has 0 spiro atoms. The van der Waals surface area contributed by atoms with Crippen LogP contribution in [0.4, 0.5) is 43.9 Å². The highest BCUT2D eigenvalue weighted by atomic mass is 19.4. The third kappa shape index (κ3) is 8.92. The monoisotopic (exact) mass is 834 g/mol. The molecule has 0 radical (unpaired) electrons. The number of alkyl halides is 6. The molecule has 6 aromatic rings. The molecule has 2 aliphatic rings. The number of hydrogen-bond donors (Lipinski definition) is 0. The molecule has 14 heteroatoms. The van der Waals surface area contributed by atoms with E-state index in [9.17, 15) is 43.9 Å². The quantitative estimate of drug-likeness (QED) is 0.157. The molecule has 2 aliphatic heterocycles. The van der Waals surface area contributed by atoms with E-state index in [-0.39, 0.29) is 22.9 Å². The van der Waals surface area contributed by atoms with Crippen LogP contribution in [0.1, 0.15) is 59.3 Å². The average Bonchev–Trinajstić information content (AvgIpc) is 3.79. The van der Waals surface area contributed by atoms with Gasteiger partial charge < -0.3 is 9.47 Å². The SMILES string of the molecule is C[C@@H]1OC(c2c(F)cccc2F)=N[C@H]1c1ccc(-c2cccc(C(F)(F)F)c2)cc1.C[C@H]1OC(c2c(F)cccc2F)=N[C@@H]1c1ccc(-c2cccc(C(F)(F)F)c2)cc1. The van der Waals surface area contributed by atoms with Gasteiger partial charge in [-0.3, -0.25) is 0 Å². The van der Waals surface area contributed by atoms with Crippen LogP contribution in [0.2, 0.25) is 0 Å². The van der Waals surface area contributed by atoms with Crippen molar-refractivity contribution in [3.8, 4) is 22.3 Å². The van der Waals surface area contributed by atoms with Crippen molar-refractivity contribution in [1.29, 1.82) is 0 Å². The fourth-order valence-corrected chi connectivity index (χ4v) is 6.84. The van der Waals surface area contributed by atoms with Crippen molar-refractivity contribution in [3.05, 3.63) is 190 Å². The number of rotatable bonds is 6. The first-order valence-electron chi connectivity index (χ1n) is 18.4. The van der Waals surface area contributed by atoms with E-state index in [0.717, 1.165) is 59.7 Å². The van der Waals surface area contributed by atoms with Crippen LogP contribution in [-0.2, 0) is 21.8 Å². The largest absolute Gasteiger partial charge is 0.472 e. The summed E-state index contributed by atoms with van der Waals surface area (Å²) in [5, 5.41) is 0. The molecular weight excluding hydrogens is 802 g/mol. The number of aliphatic imine (C=N–C) groups is 2. The fraction of sp³-hybridized carbons (Fsp3) is 0.174. The predicted octanol–water partition coefficient (Wildman–Crippen LogP) is 13.1. The molecule has 0 amide bonds. The minimum absolute atomic E-state index is 0.106. The molecule has 0 aliphatic carbocycles. The van der Waals surface area contributed by atoms with E-state index in [0.29, 0.717) is 22.3 Å². The van der Waals surface area contributed by atoms with Crippen LogP contribution in [0.5, 0.6) is 0 Å². The van der Waals surface area contributed by atoms with Crippen LogP contribution in [-0.4, -0.2) is 24.0 Å². The van der Waals surface area contributed by atoms with Crippen molar-refractivity contribution in [2.24, 2.45) is 9.98 Å². The van der Waals surface area contributed by atoms with Crippen LogP contribution in [0.25, 0.3) is 22.3 Å². The van der Waals surface area contributed by atoms with Crippen LogP contribution in [0.15, 0.2) is 143 Å². The Bertz CT molecular complexity index is 2350. The summed E-state index contributed by atoms with van der Waals surface area (Å²) in [4.78, 5) is 8.69. The summed E-state index contributed by atoms with van der Waals surface area (Å²) in [6.45, 7) is 3.47. The van der Waals surface area contributed by atoms with Gasteiger partial charge in [0.05, 0.1) is 11.1 Å². The maximum atomic E-state index is 14.0. The summed E-state index contributed by atoms with van der Waals surface area (Å²) < 4.78 is 145. The van der Waals surface area contributed by atoms with E-state index < -0.39 is 71.0 Å².